The molecule has 1 aliphatic heterocycles. The van der Waals surface area contributed by atoms with Crippen molar-refractivity contribution in [3.8, 4) is 0 Å². The van der Waals surface area contributed by atoms with Gasteiger partial charge in [0.15, 0.2) is 0 Å². The summed E-state index contributed by atoms with van der Waals surface area (Å²) in [6, 6.07) is 7.14. The van der Waals surface area contributed by atoms with Crippen LogP contribution in [0.1, 0.15) is 13.8 Å². The van der Waals surface area contributed by atoms with Crippen LogP contribution in [0.15, 0.2) is 41.0 Å². The summed E-state index contributed by atoms with van der Waals surface area (Å²) in [7, 11) is 0. The van der Waals surface area contributed by atoms with Crippen LogP contribution in [0, 0.1) is 0 Å². The molecule has 0 aliphatic carbocycles. The molecule has 1 heterocycles. The molecule has 0 atom stereocenters. The maximum atomic E-state index is 11.7. The van der Waals surface area contributed by atoms with Crippen molar-refractivity contribution in [3.63, 3.8) is 0 Å². The number of allylic oxidation sites excluding steroid dienone is 2. The van der Waals surface area contributed by atoms with E-state index in [-0.39, 0.29) is 5.70 Å². The maximum Gasteiger partial charge on any atom is 0.297 e. The summed E-state index contributed by atoms with van der Waals surface area (Å²) in [6.45, 7) is 3.52. The number of hydrogen-bond acceptors (Lipinski definition) is 3. The van der Waals surface area contributed by atoms with E-state index < -0.39 is 5.91 Å². The molecule has 82 valence electrons. The van der Waals surface area contributed by atoms with Gasteiger partial charge < -0.3 is 0 Å². The van der Waals surface area contributed by atoms with Crippen LogP contribution in [0.3, 0.4) is 0 Å². The van der Waals surface area contributed by atoms with Crippen LogP contribution in [-0.2, 0) is 4.79 Å². The van der Waals surface area contributed by atoms with Gasteiger partial charge in [0.05, 0.1) is 5.36 Å². The molecule has 0 unspecified atom stereocenters. The van der Waals surface area contributed by atoms with Gasteiger partial charge in [-0.25, -0.2) is 10.1 Å². The number of benzene rings is 1. The molecule has 1 aromatic rings. The Morgan fingerprint density at radius 1 is 1.44 bits per heavy atom. The third kappa shape index (κ3) is 1.53. The van der Waals surface area contributed by atoms with Crippen LogP contribution >= 0.6 is 0 Å². The quantitative estimate of drug-likeness (QED) is 0.735. The van der Waals surface area contributed by atoms with Crippen LogP contribution in [0.2, 0.25) is 0 Å². The van der Waals surface area contributed by atoms with Gasteiger partial charge in [0.25, 0.3) is 5.91 Å². The summed E-state index contributed by atoms with van der Waals surface area (Å²) in [6.07, 6.45) is 1.72. The van der Waals surface area contributed by atoms with Gasteiger partial charge in [-0.1, -0.05) is 24.3 Å². The van der Waals surface area contributed by atoms with Crippen molar-refractivity contribution in [2.75, 3.05) is 0 Å². The number of nitrogens with zero attached hydrogens (tertiary/aromatic N) is 2. The average molecular weight is 216 g/mol. The van der Waals surface area contributed by atoms with E-state index in [1.165, 1.54) is 0 Å². The second-order valence-corrected chi connectivity index (χ2v) is 3.52. The molecule has 2 rings (SSSR count). The number of carbonyl (C=O) groups excluding carboxylic acids is 1. The highest BCUT2D eigenvalue weighted by Gasteiger charge is 2.22. The van der Waals surface area contributed by atoms with E-state index >= 15 is 0 Å². The van der Waals surface area contributed by atoms with Gasteiger partial charge in [0.2, 0.25) is 0 Å². The molecule has 0 radical (unpaired) electrons. The number of hydroxylamine groups is 2. The molecule has 1 aromatic carbocycles. The smallest absolute Gasteiger partial charge is 0.284 e. The zero-order valence-electron chi connectivity index (χ0n) is 9.14. The second kappa shape index (κ2) is 3.90. The topological polar surface area (TPSA) is 52.9 Å². The zero-order valence-corrected chi connectivity index (χ0v) is 9.14. The van der Waals surface area contributed by atoms with Crippen molar-refractivity contribution in [2.24, 2.45) is 4.99 Å². The van der Waals surface area contributed by atoms with E-state index in [4.69, 9.17) is 0 Å². The highest BCUT2D eigenvalue weighted by atomic mass is 16.5. The number of hydrogen-bond donors (Lipinski definition) is 1. The van der Waals surface area contributed by atoms with E-state index in [0.29, 0.717) is 16.3 Å². The van der Waals surface area contributed by atoms with E-state index in [1.807, 2.05) is 12.1 Å². The Kier molecular flexibility index (Phi) is 2.58. The van der Waals surface area contributed by atoms with E-state index in [9.17, 15) is 10.0 Å². The molecule has 0 fully saturated rings. The molecule has 4 heteroatoms. The second-order valence-electron chi connectivity index (χ2n) is 3.52. The average Bonchev–Trinajstić information content (AvgIpc) is 2.63. The molecule has 4 nitrogen and oxygen atoms in total. The fourth-order valence-electron chi connectivity index (χ4n) is 1.55. The first-order chi connectivity index (χ1) is 7.65. The number of fused-ring (bicyclic) bond motifs is 1. The number of carbonyl (C=O) groups is 1. The lowest BCUT2D eigenvalue weighted by Gasteiger charge is -2.16. The Morgan fingerprint density at radius 2 is 2.12 bits per heavy atom. The standard InChI is InChI=1S/C12H12N2O2/c1-3-8(2)14(16)11-9-6-4-5-7-10(9)13-12(11)15/h3-7,16H,1-2H3. The van der Waals surface area contributed by atoms with Gasteiger partial charge in [0.1, 0.15) is 5.70 Å². The molecule has 0 saturated heterocycles. The fourth-order valence-corrected chi connectivity index (χ4v) is 1.55. The van der Waals surface area contributed by atoms with Crippen LogP contribution in [-0.4, -0.2) is 16.2 Å². The number of rotatable bonds is 2. The van der Waals surface area contributed by atoms with E-state index in [0.717, 1.165) is 5.06 Å². The highest BCUT2D eigenvalue weighted by Crippen LogP contribution is 2.11. The minimum Gasteiger partial charge on any atom is -0.284 e. The largest absolute Gasteiger partial charge is 0.297 e. The lowest BCUT2D eigenvalue weighted by Crippen LogP contribution is -2.29. The SMILES string of the molecule is CC=C(C)N(O)C1=c2ccccc2=NC1=O. The molecule has 0 spiro atoms. The summed E-state index contributed by atoms with van der Waals surface area (Å²) in [5.74, 6) is -0.412. The number of para-hydroxylation sites is 1. The van der Waals surface area contributed by atoms with Crippen molar-refractivity contribution >= 4 is 11.6 Å². The van der Waals surface area contributed by atoms with Crippen molar-refractivity contribution < 1.29 is 10.0 Å². The molecule has 16 heavy (non-hydrogen) atoms. The normalized spacial score (nSPS) is 14.8. The Bertz CT molecular complexity index is 587. The third-order valence-electron chi connectivity index (χ3n) is 2.55. The summed E-state index contributed by atoms with van der Waals surface area (Å²) in [5.41, 5.74) is 0.807. The maximum absolute atomic E-state index is 11.7. The third-order valence-corrected chi connectivity index (χ3v) is 2.55. The first-order valence-corrected chi connectivity index (χ1v) is 4.99. The molecule has 0 aromatic heterocycles. The Hall–Kier alpha value is -1.94. The summed E-state index contributed by atoms with van der Waals surface area (Å²) in [5, 5.41) is 12.0. The Balaban J connectivity index is 2.67. The van der Waals surface area contributed by atoms with Gasteiger partial charge >= 0.3 is 0 Å². The summed E-state index contributed by atoms with van der Waals surface area (Å²) < 4.78 is 0. The zero-order chi connectivity index (χ0) is 11.7. The lowest BCUT2D eigenvalue weighted by molar-refractivity contribution is -0.116. The van der Waals surface area contributed by atoms with Crippen molar-refractivity contribution in [3.05, 3.63) is 46.6 Å². The predicted molar refractivity (Wildman–Crippen MR) is 58.7 cm³/mol. The Morgan fingerprint density at radius 3 is 2.81 bits per heavy atom. The molecule has 0 bridgehead atoms. The summed E-state index contributed by atoms with van der Waals surface area (Å²) in [4.78, 5) is 15.5. The van der Waals surface area contributed by atoms with Gasteiger partial charge in [-0.3, -0.25) is 10.0 Å². The van der Waals surface area contributed by atoms with Crippen LogP contribution in [0.25, 0.3) is 5.70 Å². The molecule has 1 amide bonds. The molecular formula is C12H12N2O2. The molecule has 1 aliphatic rings. The van der Waals surface area contributed by atoms with E-state index in [2.05, 4.69) is 4.99 Å². The monoisotopic (exact) mass is 216 g/mol. The number of amides is 1. The van der Waals surface area contributed by atoms with Crippen molar-refractivity contribution in [1.29, 1.82) is 0 Å². The van der Waals surface area contributed by atoms with Crippen LogP contribution in [0.4, 0.5) is 0 Å². The molecule has 0 saturated carbocycles. The van der Waals surface area contributed by atoms with Crippen molar-refractivity contribution in [1.82, 2.24) is 5.06 Å². The van der Waals surface area contributed by atoms with Gasteiger partial charge in [-0.2, -0.15) is 0 Å². The predicted octanol–water partition coefficient (Wildman–Crippen LogP) is 0.569. The van der Waals surface area contributed by atoms with E-state index in [1.54, 1.807) is 32.1 Å². The molecular weight excluding hydrogens is 204 g/mol. The van der Waals surface area contributed by atoms with Crippen LogP contribution in [0.5, 0.6) is 0 Å². The van der Waals surface area contributed by atoms with Crippen molar-refractivity contribution in [2.45, 2.75) is 13.8 Å². The van der Waals surface area contributed by atoms with Gasteiger partial charge in [-0.15, -0.1) is 0 Å². The lowest BCUT2D eigenvalue weighted by atomic mass is 10.2. The first kappa shape index (κ1) is 10.6. The van der Waals surface area contributed by atoms with Gasteiger partial charge in [-0.05, 0) is 19.9 Å². The van der Waals surface area contributed by atoms with Crippen LogP contribution < -0.4 is 10.6 Å². The van der Waals surface area contributed by atoms with Gasteiger partial charge in [0, 0.05) is 10.9 Å². The Labute approximate surface area is 92.8 Å². The first-order valence-electron chi connectivity index (χ1n) is 4.99. The molecule has 1 N–H and O–H groups in total. The minimum absolute atomic E-state index is 0.214. The fraction of sp³-hybridized carbons (Fsp3) is 0.167. The summed E-state index contributed by atoms with van der Waals surface area (Å²) >= 11 is 0. The highest BCUT2D eigenvalue weighted by molar-refractivity contribution is 6.14. The minimum atomic E-state index is -0.412.